The lowest BCUT2D eigenvalue weighted by Gasteiger charge is -2.31. The minimum Gasteiger partial charge on any atom is -0.330 e. The molecule has 18 heavy (non-hydrogen) atoms. The Hall–Kier alpha value is -2.29. The topological polar surface area (TPSA) is 32.3 Å². The molecule has 0 saturated carbocycles. The fraction of sp³-hybridized carbons (Fsp3) is 0.133. The zero-order valence-electron chi connectivity index (χ0n) is 10.2. The number of fused-ring (bicyclic) bond motifs is 1. The molecular weight excluding hydrogens is 224 g/mol. The number of para-hydroxylation sites is 2. The summed E-state index contributed by atoms with van der Waals surface area (Å²) in [6.07, 6.45) is 0. The van der Waals surface area contributed by atoms with Gasteiger partial charge in [-0.25, -0.2) is 0 Å². The highest BCUT2D eigenvalue weighted by Gasteiger charge is 2.23. The van der Waals surface area contributed by atoms with Crippen molar-refractivity contribution in [2.75, 3.05) is 16.8 Å². The summed E-state index contributed by atoms with van der Waals surface area (Å²) in [6.45, 7) is 2.37. The van der Waals surface area contributed by atoms with Crippen LogP contribution in [0.25, 0.3) is 0 Å². The minimum absolute atomic E-state index is 0.0284. The lowest BCUT2D eigenvalue weighted by atomic mass is 10.1. The molecule has 0 aromatic heterocycles. The minimum atomic E-state index is 0.0284. The van der Waals surface area contributed by atoms with Crippen LogP contribution in [0.15, 0.2) is 48.5 Å². The van der Waals surface area contributed by atoms with Crippen molar-refractivity contribution in [2.24, 2.45) is 0 Å². The molecule has 0 atom stereocenters. The van der Waals surface area contributed by atoms with Crippen LogP contribution in [0.1, 0.15) is 5.56 Å². The summed E-state index contributed by atoms with van der Waals surface area (Å²) >= 11 is 0. The van der Waals surface area contributed by atoms with Crippen LogP contribution in [0.2, 0.25) is 0 Å². The van der Waals surface area contributed by atoms with Crippen LogP contribution in [0.3, 0.4) is 0 Å². The predicted octanol–water partition coefficient (Wildman–Crippen LogP) is 3.09. The molecule has 0 aliphatic carbocycles. The van der Waals surface area contributed by atoms with Crippen molar-refractivity contribution in [1.29, 1.82) is 0 Å². The molecule has 1 aliphatic heterocycles. The molecule has 3 nitrogen and oxygen atoms in total. The van der Waals surface area contributed by atoms with Crippen LogP contribution >= 0.6 is 0 Å². The van der Waals surface area contributed by atoms with Crippen molar-refractivity contribution in [3.63, 3.8) is 0 Å². The maximum absolute atomic E-state index is 11.8. The van der Waals surface area contributed by atoms with Crippen molar-refractivity contribution in [1.82, 2.24) is 0 Å². The van der Waals surface area contributed by atoms with Gasteiger partial charge in [0.2, 0.25) is 5.91 Å². The summed E-state index contributed by atoms with van der Waals surface area (Å²) in [5.41, 5.74) is 4.10. The second-order valence-electron chi connectivity index (χ2n) is 4.44. The van der Waals surface area contributed by atoms with E-state index < -0.39 is 0 Å². The molecule has 2 aromatic rings. The Balaban J connectivity index is 2.14. The summed E-state index contributed by atoms with van der Waals surface area (Å²) in [6, 6.07) is 16.0. The van der Waals surface area contributed by atoms with E-state index in [0.717, 1.165) is 22.6 Å². The van der Waals surface area contributed by atoms with E-state index in [4.69, 9.17) is 0 Å². The van der Waals surface area contributed by atoms with Gasteiger partial charge in [-0.15, -0.1) is 0 Å². The van der Waals surface area contributed by atoms with Crippen LogP contribution in [0.5, 0.6) is 0 Å². The number of carbonyl (C=O) groups is 1. The van der Waals surface area contributed by atoms with E-state index in [2.05, 4.69) is 5.32 Å². The number of amides is 1. The van der Waals surface area contributed by atoms with E-state index in [-0.39, 0.29) is 5.91 Å². The van der Waals surface area contributed by atoms with Gasteiger partial charge in [0.25, 0.3) is 0 Å². The number of nitrogens with one attached hydrogen (secondary N) is 1. The first kappa shape index (κ1) is 10.8. The quantitative estimate of drug-likeness (QED) is 0.828. The first-order valence-electron chi connectivity index (χ1n) is 5.98. The van der Waals surface area contributed by atoms with Crippen LogP contribution < -0.4 is 10.2 Å². The number of hydrogen-bond donors (Lipinski definition) is 1. The van der Waals surface area contributed by atoms with Crippen LogP contribution in [0, 0.1) is 6.92 Å². The molecule has 1 amide bonds. The average Bonchev–Trinajstić information content (AvgIpc) is 2.40. The van der Waals surface area contributed by atoms with E-state index in [9.17, 15) is 4.79 Å². The van der Waals surface area contributed by atoms with Gasteiger partial charge in [-0.05, 0) is 30.7 Å². The molecule has 90 valence electrons. The van der Waals surface area contributed by atoms with Crippen molar-refractivity contribution >= 4 is 23.0 Å². The molecule has 0 radical (unpaired) electrons. The van der Waals surface area contributed by atoms with Crippen molar-refractivity contribution < 1.29 is 4.79 Å². The van der Waals surface area contributed by atoms with Gasteiger partial charge in [0, 0.05) is 5.69 Å². The maximum atomic E-state index is 11.8. The van der Waals surface area contributed by atoms with Gasteiger partial charge in [-0.2, -0.15) is 0 Å². The van der Waals surface area contributed by atoms with Gasteiger partial charge in [0.05, 0.1) is 11.4 Å². The Bertz CT molecular complexity index is 593. The largest absolute Gasteiger partial charge is 0.330 e. The number of nitrogens with zero attached hydrogens (tertiary/aromatic N) is 1. The molecule has 0 spiro atoms. The molecule has 2 aromatic carbocycles. The Morgan fingerprint density at radius 3 is 2.61 bits per heavy atom. The van der Waals surface area contributed by atoms with Gasteiger partial charge >= 0.3 is 0 Å². The van der Waals surface area contributed by atoms with Gasteiger partial charge in [-0.3, -0.25) is 4.79 Å². The smallest absolute Gasteiger partial charge is 0.244 e. The summed E-state index contributed by atoms with van der Waals surface area (Å²) < 4.78 is 0. The molecule has 1 N–H and O–H groups in total. The second kappa shape index (κ2) is 4.18. The molecular formula is C15H14N2O. The van der Waals surface area contributed by atoms with Gasteiger partial charge in [0.15, 0.2) is 0 Å². The van der Waals surface area contributed by atoms with E-state index in [1.165, 1.54) is 0 Å². The highest BCUT2D eigenvalue weighted by molar-refractivity contribution is 6.04. The first-order chi connectivity index (χ1) is 8.75. The average molecular weight is 238 g/mol. The van der Waals surface area contributed by atoms with Gasteiger partial charge < -0.3 is 10.2 Å². The molecule has 0 fully saturated rings. The zero-order chi connectivity index (χ0) is 12.5. The number of anilines is 3. The summed E-state index contributed by atoms with van der Waals surface area (Å²) in [7, 11) is 0. The molecule has 1 heterocycles. The Morgan fingerprint density at radius 2 is 1.83 bits per heavy atom. The first-order valence-corrected chi connectivity index (χ1v) is 5.98. The van der Waals surface area contributed by atoms with Crippen LogP contribution in [-0.4, -0.2) is 12.5 Å². The third-order valence-corrected chi connectivity index (χ3v) is 3.18. The van der Waals surface area contributed by atoms with Gasteiger partial charge in [0.1, 0.15) is 6.54 Å². The summed E-state index contributed by atoms with van der Waals surface area (Å²) in [5, 5.41) is 2.95. The number of aryl methyl sites for hydroxylation is 1. The lowest BCUT2D eigenvalue weighted by molar-refractivity contribution is -0.115. The molecule has 0 bridgehead atoms. The zero-order valence-corrected chi connectivity index (χ0v) is 10.2. The molecule has 3 heteroatoms. The van der Waals surface area contributed by atoms with Crippen molar-refractivity contribution in [2.45, 2.75) is 6.92 Å². The highest BCUT2D eigenvalue weighted by atomic mass is 16.2. The van der Waals surface area contributed by atoms with E-state index in [0.29, 0.717) is 6.54 Å². The number of carbonyl (C=O) groups excluding carboxylic acids is 1. The second-order valence-corrected chi connectivity index (χ2v) is 4.44. The predicted molar refractivity (Wildman–Crippen MR) is 73.3 cm³/mol. The Kier molecular flexibility index (Phi) is 2.52. The van der Waals surface area contributed by atoms with E-state index in [1.807, 2.05) is 60.4 Å². The lowest BCUT2D eigenvalue weighted by Crippen LogP contribution is -2.35. The summed E-state index contributed by atoms with van der Waals surface area (Å²) in [5.74, 6) is 0.0284. The van der Waals surface area contributed by atoms with Crippen LogP contribution in [-0.2, 0) is 4.79 Å². The van der Waals surface area contributed by atoms with Crippen LogP contribution in [0.4, 0.5) is 17.1 Å². The fourth-order valence-electron chi connectivity index (χ4n) is 2.29. The fourth-order valence-corrected chi connectivity index (χ4v) is 2.29. The highest BCUT2D eigenvalue weighted by Crippen LogP contribution is 2.36. The SMILES string of the molecule is Cc1cccc2c1NC(=O)CN2c1ccccc1. The van der Waals surface area contributed by atoms with Crippen molar-refractivity contribution in [3.05, 3.63) is 54.1 Å². The number of rotatable bonds is 1. The van der Waals surface area contributed by atoms with E-state index >= 15 is 0 Å². The monoisotopic (exact) mass is 238 g/mol. The summed E-state index contributed by atoms with van der Waals surface area (Å²) in [4.78, 5) is 13.9. The van der Waals surface area contributed by atoms with Crippen molar-refractivity contribution in [3.8, 4) is 0 Å². The Labute approximate surface area is 106 Å². The number of hydrogen-bond acceptors (Lipinski definition) is 2. The van der Waals surface area contributed by atoms with Gasteiger partial charge in [-0.1, -0.05) is 30.3 Å². The molecule has 3 rings (SSSR count). The third-order valence-electron chi connectivity index (χ3n) is 3.18. The molecule has 0 saturated heterocycles. The Morgan fingerprint density at radius 1 is 1.06 bits per heavy atom. The normalized spacial score (nSPS) is 14.1. The van der Waals surface area contributed by atoms with E-state index in [1.54, 1.807) is 0 Å². The number of benzene rings is 2. The molecule has 1 aliphatic rings. The standard InChI is InChI=1S/C15H14N2O/c1-11-6-5-9-13-15(11)16-14(18)10-17(13)12-7-3-2-4-8-12/h2-9H,10H2,1H3,(H,16,18). The molecule has 0 unspecified atom stereocenters. The maximum Gasteiger partial charge on any atom is 0.244 e. The third kappa shape index (κ3) is 1.74.